The monoisotopic (exact) mass is 303 g/mol. The number of pyridine rings is 1. The van der Waals surface area contributed by atoms with Crippen LogP contribution in [0.5, 0.6) is 0 Å². The molecule has 0 saturated heterocycles. The zero-order chi connectivity index (χ0) is 16.1. The van der Waals surface area contributed by atoms with E-state index < -0.39 is 0 Å². The molecule has 3 aromatic rings. The Bertz CT molecular complexity index is 854. The van der Waals surface area contributed by atoms with E-state index in [4.69, 9.17) is 0 Å². The Morgan fingerprint density at radius 1 is 1.13 bits per heavy atom. The summed E-state index contributed by atoms with van der Waals surface area (Å²) in [4.78, 5) is 16.1. The lowest BCUT2D eigenvalue weighted by atomic mass is 10.1. The Kier molecular flexibility index (Phi) is 4.43. The maximum Gasteiger partial charge on any atom is 0.289 e. The third-order valence-electron chi connectivity index (χ3n) is 3.62. The summed E-state index contributed by atoms with van der Waals surface area (Å²) in [6.45, 7) is 2.05. The van der Waals surface area contributed by atoms with Crippen LogP contribution in [0.2, 0.25) is 0 Å². The molecule has 0 spiro atoms. The molecule has 0 aliphatic carbocycles. The van der Waals surface area contributed by atoms with E-state index in [9.17, 15) is 4.79 Å². The van der Waals surface area contributed by atoms with Crippen LogP contribution in [0.15, 0.2) is 65.9 Å². The number of benzene rings is 2. The van der Waals surface area contributed by atoms with Gasteiger partial charge in [0.05, 0.1) is 6.21 Å². The molecule has 0 aliphatic rings. The SMILES string of the molecule is CCc1ccc(C(=O)NN=Cc2ccc3ccccc3c2)nc1. The van der Waals surface area contributed by atoms with Crippen LogP contribution in [0.4, 0.5) is 0 Å². The van der Waals surface area contributed by atoms with Gasteiger partial charge in [-0.25, -0.2) is 5.43 Å². The summed E-state index contributed by atoms with van der Waals surface area (Å²) in [5.41, 5.74) is 4.89. The highest BCUT2D eigenvalue weighted by Crippen LogP contribution is 2.14. The van der Waals surface area contributed by atoms with Gasteiger partial charge in [-0.15, -0.1) is 0 Å². The number of hydrogen-bond donors (Lipinski definition) is 1. The summed E-state index contributed by atoms with van der Waals surface area (Å²) in [5, 5.41) is 6.32. The van der Waals surface area contributed by atoms with Crippen LogP contribution in [-0.4, -0.2) is 17.1 Å². The third kappa shape index (κ3) is 3.61. The number of hydrazone groups is 1. The fourth-order valence-electron chi connectivity index (χ4n) is 2.28. The maximum absolute atomic E-state index is 12.0. The highest BCUT2D eigenvalue weighted by Gasteiger charge is 2.05. The molecule has 4 heteroatoms. The molecule has 0 aliphatic heterocycles. The average molecular weight is 303 g/mol. The van der Waals surface area contributed by atoms with Gasteiger partial charge in [0.15, 0.2) is 0 Å². The lowest BCUT2D eigenvalue weighted by Gasteiger charge is -2.01. The number of nitrogens with one attached hydrogen (secondary N) is 1. The molecule has 2 aromatic carbocycles. The van der Waals surface area contributed by atoms with Gasteiger partial charge < -0.3 is 0 Å². The molecule has 1 aromatic heterocycles. The van der Waals surface area contributed by atoms with Crippen molar-refractivity contribution in [2.24, 2.45) is 5.10 Å². The molecule has 1 amide bonds. The third-order valence-corrected chi connectivity index (χ3v) is 3.62. The first kappa shape index (κ1) is 14.9. The van der Waals surface area contributed by atoms with Crippen molar-refractivity contribution in [1.29, 1.82) is 0 Å². The summed E-state index contributed by atoms with van der Waals surface area (Å²) in [5.74, 6) is -0.315. The minimum absolute atomic E-state index is 0.315. The van der Waals surface area contributed by atoms with Gasteiger partial charge >= 0.3 is 0 Å². The largest absolute Gasteiger partial charge is 0.289 e. The number of hydrogen-bond acceptors (Lipinski definition) is 3. The molecule has 0 saturated carbocycles. The van der Waals surface area contributed by atoms with Crippen molar-refractivity contribution in [1.82, 2.24) is 10.4 Å². The number of rotatable bonds is 4. The lowest BCUT2D eigenvalue weighted by Crippen LogP contribution is -2.18. The number of aromatic nitrogens is 1. The standard InChI is InChI=1S/C19H17N3O/c1-2-14-8-10-18(20-12-14)19(23)22-21-13-15-7-9-16-5-3-4-6-17(16)11-15/h3-13H,2H2,1H3,(H,22,23). The van der Waals surface area contributed by atoms with Crippen LogP contribution in [0, 0.1) is 0 Å². The summed E-state index contributed by atoms with van der Waals surface area (Å²) in [7, 11) is 0. The quantitative estimate of drug-likeness (QED) is 0.592. The minimum atomic E-state index is -0.315. The van der Waals surface area contributed by atoms with Crippen molar-refractivity contribution >= 4 is 22.9 Å². The Morgan fingerprint density at radius 2 is 1.96 bits per heavy atom. The number of fused-ring (bicyclic) bond motifs is 1. The first-order valence-corrected chi connectivity index (χ1v) is 7.53. The molecular formula is C19H17N3O. The molecular weight excluding hydrogens is 286 g/mol. The van der Waals surface area contributed by atoms with E-state index >= 15 is 0 Å². The molecule has 0 unspecified atom stereocenters. The Morgan fingerprint density at radius 3 is 2.70 bits per heavy atom. The molecule has 1 N–H and O–H groups in total. The van der Waals surface area contributed by atoms with Crippen LogP contribution in [0.3, 0.4) is 0 Å². The first-order valence-electron chi connectivity index (χ1n) is 7.53. The van der Waals surface area contributed by atoms with Crippen LogP contribution in [0.25, 0.3) is 10.8 Å². The van der Waals surface area contributed by atoms with Crippen LogP contribution >= 0.6 is 0 Å². The van der Waals surface area contributed by atoms with E-state index in [0.717, 1.165) is 22.9 Å². The Balaban J connectivity index is 1.68. The smallest absolute Gasteiger partial charge is 0.266 e. The van der Waals surface area contributed by atoms with Crippen LogP contribution in [0.1, 0.15) is 28.5 Å². The Labute approximate surface area is 134 Å². The van der Waals surface area contributed by atoms with Gasteiger partial charge in [0.2, 0.25) is 0 Å². The Hall–Kier alpha value is -3.01. The number of nitrogens with zero attached hydrogens (tertiary/aromatic N) is 2. The van der Waals surface area contributed by atoms with Crippen molar-refractivity contribution in [3.63, 3.8) is 0 Å². The van der Waals surface area contributed by atoms with Gasteiger partial charge in [-0.3, -0.25) is 9.78 Å². The normalized spacial score (nSPS) is 11.0. The summed E-state index contributed by atoms with van der Waals surface area (Å²) in [6.07, 6.45) is 4.24. The van der Waals surface area contributed by atoms with E-state index in [1.165, 1.54) is 5.39 Å². The van der Waals surface area contributed by atoms with E-state index in [1.54, 1.807) is 18.5 Å². The molecule has 0 fully saturated rings. The molecule has 0 atom stereocenters. The van der Waals surface area contributed by atoms with Gasteiger partial charge in [-0.2, -0.15) is 5.10 Å². The van der Waals surface area contributed by atoms with Gasteiger partial charge in [0.25, 0.3) is 5.91 Å². The summed E-state index contributed by atoms with van der Waals surface area (Å²) < 4.78 is 0. The van der Waals surface area contributed by atoms with E-state index in [2.05, 4.69) is 21.6 Å². The molecule has 4 nitrogen and oxygen atoms in total. The average Bonchev–Trinajstić information content (AvgIpc) is 2.61. The van der Waals surface area contributed by atoms with E-state index in [-0.39, 0.29) is 5.91 Å². The van der Waals surface area contributed by atoms with Crippen molar-refractivity contribution in [3.05, 3.63) is 77.6 Å². The van der Waals surface area contributed by atoms with Crippen molar-refractivity contribution in [2.75, 3.05) is 0 Å². The fourth-order valence-corrected chi connectivity index (χ4v) is 2.28. The number of carbonyl (C=O) groups is 1. The molecule has 23 heavy (non-hydrogen) atoms. The van der Waals surface area contributed by atoms with Crippen LogP contribution in [-0.2, 0) is 6.42 Å². The van der Waals surface area contributed by atoms with E-state index in [1.807, 2.05) is 49.4 Å². The second kappa shape index (κ2) is 6.83. The van der Waals surface area contributed by atoms with Crippen LogP contribution < -0.4 is 5.43 Å². The number of aryl methyl sites for hydroxylation is 1. The number of amides is 1. The second-order valence-electron chi connectivity index (χ2n) is 5.21. The predicted octanol–water partition coefficient (Wildman–Crippen LogP) is 3.56. The second-order valence-corrected chi connectivity index (χ2v) is 5.21. The van der Waals surface area contributed by atoms with Gasteiger partial charge in [-0.1, -0.05) is 49.4 Å². The predicted molar refractivity (Wildman–Crippen MR) is 92.6 cm³/mol. The zero-order valence-electron chi connectivity index (χ0n) is 12.9. The number of carbonyl (C=O) groups excluding carboxylic acids is 1. The highest BCUT2D eigenvalue weighted by molar-refractivity contribution is 5.94. The first-order chi connectivity index (χ1) is 11.3. The van der Waals surface area contributed by atoms with Crippen molar-refractivity contribution in [2.45, 2.75) is 13.3 Å². The lowest BCUT2D eigenvalue weighted by molar-refractivity contribution is 0.0950. The molecule has 0 radical (unpaired) electrons. The van der Waals surface area contributed by atoms with Gasteiger partial charge in [0, 0.05) is 6.20 Å². The molecule has 0 bridgehead atoms. The molecule has 114 valence electrons. The maximum atomic E-state index is 12.0. The van der Waals surface area contributed by atoms with E-state index in [0.29, 0.717) is 5.69 Å². The van der Waals surface area contributed by atoms with Crippen molar-refractivity contribution < 1.29 is 4.79 Å². The molecule has 1 heterocycles. The van der Waals surface area contributed by atoms with Gasteiger partial charge in [-0.05, 0) is 40.5 Å². The van der Waals surface area contributed by atoms with Gasteiger partial charge in [0.1, 0.15) is 5.69 Å². The molecule has 3 rings (SSSR count). The zero-order valence-corrected chi connectivity index (χ0v) is 12.9. The summed E-state index contributed by atoms with van der Waals surface area (Å²) in [6, 6.07) is 17.7. The van der Waals surface area contributed by atoms with Crippen molar-refractivity contribution in [3.8, 4) is 0 Å². The minimum Gasteiger partial charge on any atom is -0.266 e. The highest BCUT2D eigenvalue weighted by atomic mass is 16.2. The topological polar surface area (TPSA) is 54.4 Å². The fraction of sp³-hybridized carbons (Fsp3) is 0.105. The summed E-state index contributed by atoms with van der Waals surface area (Å²) >= 11 is 0.